The van der Waals surface area contributed by atoms with Crippen molar-refractivity contribution in [3.63, 3.8) is 0 Å². The van der Waals surface area contributed by atoms with E-state index in [9.17, 15) is 4.79 Å². The monoisotopic (exact) mass is 435 g/mol. The maximum atomic E-state index is 11.9. The quantitative estimate of drug-likeness (QED) is 0.434. The van der Waals surface area contributed by atoms with Gasteiger partial charge in [0.15, 0.2) is 0 Å². The third-order valence-electron chi connectivity index (χ3n) is 3.50. The highest BCUT2D eigenvalue weighted by Gasteiger charge is 2.08. The number of nitrogen functional groups attached to an aromatic ring is 1. The molecule has 0 bridgehead atoms. The summed E-state index contributed by atoms with van der Waals surface area (Å²) in [4.78, 5) is 11.9. The molecule has 0 aliphatic rings. The van der Waals surface area contributed by atoms with Gasteiger partial charge in [0.1, 0.15) is 17.4 Å². The molecule has 0 radical (unpaired) electrons. The molecular weight excluding hydrogens is 421 g/mol. The molecule has 0 spiro atoms. The predicted molar refractivity (Wildman–Crippen MR) is 111 cm³/mol. The van der Waals surface area contributed by atoms with Crippen LogP contribution >= 0.6 is 34.5 Å². The predicted octanol–water partition coefficient (Wildman–Crippen LogP) is 3.70. The van der Waals surface area contributed by atoms with Gasteiger partial charge in [-0.25, -0.2) is 5.43 Å². The molecule has 0 atom stereocenters. The van der Waals surface area contributed by atoms with Crippen molar-refractivity contribution in [2.45, 2.75) is 13.0 Å². The summed E-state index contributed by atoms with van der Waals surface area (Å²) in [5.74, 6) is 0.280. The van der Waals surface area contributed by atoms with Crippen molar-refractivity contribution in [3.8, 4) is 5.75 Å². The number of hydrogen-bond acceptors (Lipinski definition) is 7. The van der Waals surface area contributed by atoms with E-state index in [-0.39, 0.29) is 18.9 Å². The van der Waals surface area contributed by atoms with Crippen molar-refractivity contribution in [1.29, 1.82) is 0 Å². The number of para-hydroxylation sites is 1. The SMILES string of the molecule is Nc1nnc(CC(=O)N/N=C\c2ccccc2OCc2ccc(Cl)cc2Cl)s1. The van der Waals surface area contributed by atoms with Crippen LogP contribution in [0.2, 0.25) is 10.0 Å². The molecule has 0 aliphatic carbocycles. The molecule has 3 N–H and O–H groups in total. The number of nitrogens with one attached hydrogen (secondary N) is 1. The molecule has 0 fully saturated rings. The van der Waals surface area contributed by atoms with Crippen LogP contribution in [-0.2, 0) is 17.8 Å². The number of hydrogen-bond donors (Lipinski definition) is 2. The van der Waals surface area contributed by atoms with Crippen LogP contribution in [0.25, 0.3) is 0 Å². The third kappa shape index (κ3) is 5.66. The Balaban J connectivity index is 1.60. The van der Waals surface area contributed by atoms with E-state index >= 15 is 0 Å². The van der Waals surface area contributed by atoms with Gasteiger partial charge in [-0.1, -0.05) is 52.7 Å². The molecule has 144 valence electrons. The fourth-order valence-electron chi connectivity index (χ4n) is 2.20. The van der Waals surface area contributed by atoms with Crippen LogP contribution in [0.3, 0.4) is 0 Å². The van der Waals surface area contributed by atoms with E-state index in [1.807, 2.05) is 24.3 Å². The number of aromatic nitrogens is 2. The van der Waals surface area contributed by atoms with Crippen LogP contribution in [0.15, 0.2) is 47.6 Å². The highest BCUT2D eigenvalue weighted by atomic mass is 35.5. The lowest BCUT2D eigenvalue weighted by molar-refractivity contribution is -0.120. The van der Waals surface area contributed by atoms with Crippen molar-refractivity contribution >= 4 is 51.8 Å². The van der Waals surface area contributed by atoms with E-state index in [4.69, 9.17) is 33.7 Å². The van der Waals surface area contributed by atoms with Crippen molar-refractivity contribution in [3.05, 3.63) is 68.6 Å². The molecule has 0 aliphatic heterocycles. The van der Waals surface area contributed by atoms with Gasteiger partial charge in [0.25, 0.3) is 0 Å². The van der Waals surface area contributed by atoms with E-state index in [1.165, 1.54) is 6.21 Å². The van der Waals surface area contributed by atoms with Gasteiger partial charge in [-0.15, -0.1) is 10.2 Å². The second-order valence-electron chi connectivity index (χ2n) is 5.57. The third-order valence-corrected chi connectivity index (χ3v) is 4.84. The standard InChI is InChI=1S/C18H15Cl2N5O2S/c19-13-6-5-12(14(20)7-13)10-27-15-4-2-1-3-11(15)9-22-23-16(26)8-17-24-25-18(21)28-17/h1-7,9H,8,10H2,(H2,21,25)(H,23,26)/b22-9-. The second-order valence-corrected chi connectivity index (χ2v) is 7.50. The van der Waals surface area contributed by atoms with Crippen LogP contribution in [0, 0.1) is 0 Å². The smallest absolute Gasteiger partial charge is 0.247 e. The number of nitrogens with two attached hydrogens (primary N) is 1. The summed E-state index contributed by atoms with van der Waals surface area (Å²) in [6, 6.07) is 12.5. The summed E-state index contributed by atoms with van der Waals surface area (Å²) in [7, 11) is 0. The average molecular weight is 436 g/mol. The van der Waals surface area contributed by atoms with Gasteiger partial charge in [-0.2, -0.15) is 5.10 Å². The van der Waals surface area contributed by atoms with E-state index in [2.05, 4.69) is 20.7 Å². The Hall–Kier alpha value is -2.68. The zero-order valence-electron chi connectivity index (χ0n) is 14.4. The van der Waals surface area contributed by atoms with Crippen molar-refractivity contribution in [2.24, 2.45) is 5.10 Å². The fourth-order valence-corrected chi connectivity index (χ4v) is 3.27. The zero-order valence-corrected chi connectivity index (χ0v) is 16.8. The molecule has 3 aromatic rings. The summed E-state index contributed by atoms with van der Waals surface area (Å²) in [6.07, 6.45) is 1.56. The fraction of sp³-hybridized carbons (Fsp3) is 0.111. The second kappa shape index (κ2) is 9.50. The molecule has 0 saturated heterocycles. The Morgan fingerprint density at radius 2 is 2.07 bits per heavy atom. The minimum absolute atomic E-state index is 0.0550. The first kappa shape index (κ1) is 20.1. The molecule has 7 nitrogen and oxygen atoms in total. The topological polar surface area (TPSA) is 102 Å². The van der Waals surface area contributed by atoms with Gasteiger partial charge in [0, 0.05) is 21.2 Å². The zero-order chi connectivity index (χ0) is 19.9. The van der Waals surface area contributed by atoms with Crippen LogP contribution in [-0.4, -0.2) is 22.3 Å². The number of carbonyl (C=O) groups is 1. The Labute approximate surface area is 175 Å². The van der Waals surface area contributed by atoms with E-state index < -0.39 is 0 Å². The van der Waals surface area contributed by atoms with Crippen LogP contribution in [0.1, 0.15) is 16.1 Å². The first-order chi connectivity index (χ1) is 13.5. The molecule has 28 heavy (non-hydrogen) atoms. The number of amides is 1. The van der Waals surface area contributed by atoms with Crippen molar-refractivity contribution in [2.75, 3.05) is 5.73 Å². The number of rotatable bonds is 7. The van der Waals surface area contributed by atoms with Gasteiger partial charge in [0.2, 0.25) is 11.0 Å². The van der Waals surface area contributed by atoms with E-state index in [0.29, 0.717) is 31.5 Å². The minimum Gasteiger partial charge on any atom is -0.488 e. The van der Waals surface area contributed by atoms with E-state index in [1.54, 1.807) is 18.2 Å². The van der Waals surface area contributed by atoms with Crippen LogP contribution < -0.4 is 15.9 Å². The summed E-state index contributed by atoms with van der Waals surface area (Å²) < 4.78 is 5.84. The minimum atomic E-state index is -0.321. The molecule has 0 unspecified atom stereocenters. The summed E-state index contributed by atoms with van der Waals surface area (Å²) >= 11 is 13.2. The molecule has 10 heteroatoms. The Kier molecular flexibility index (Phi) is 6.80. The van der Waals surface area contributed by atoms with Crippen LogP contribution in [0.5, 0.6) is 5.75 Å². The Bertz CT molecular complexity index is 1010. The lowest BCUT2D eigenvalue weighted by atomic mass is 10.2. The van der Waals surface area contributed by atoms with Gasteiger partial charge in [0.05, 0.1) is 12.6 Å². The lowest BCUT2D eigenvalue weighted by Gasteiger charge is -2.10. The van der Waals surface area contributed by atoms with Crippen molar-refractivity contribution < 1.29 is 9.53 Å². The molecule has 2 aromatic carbocycles. The number of carbonyl (C=O) groups excluding carboxylic acids is 1. The first-order valence-corrected chi connectivity index (χ1v) is 9.64. The normalized spacial score (nSPS) is 10.9. The summed E-state index contributed by atoms with van der Waals surface area (Å²) in [6.45, 7) is 0.270. The molecule has 1 amide bonds. The van der Waals surface area contributed by atoms with Crippen molar-refractivity contribution in [1.82, 2.24) is 15.6 Å². The average Bonchev–Trinajstić information content (AvgIpc) is 3.06. The summed E-state index contributed by atoms with van der Waals surface area (Å²) in [5, 5.41) is 13.4. The Morgan fingerprint density at radius 3 is 2.82 bits per heavy atom. The number of ether oxygens (including phenoxy) is 1. The maximum absolute atomic E-state index is 11.9. The molecule has 3 rings (SSSR count). The highest BCUT2D eigenvalue weighted by Crippen LogP contribution is 2.23. The van der Waals surface area contributed by atoms with Gasteiger partial charge >= 0.3 is 0 Å². The van der Waals surface area contributed by atoms with Gasteiger partial charge < -0.3 is 10.5 Å². The molecule has 1 aromatic heterocycles. The van der Waals surface area contributed by atoms with Crippen LogP contribution in [0.4, 0.5) is 5.13 Å². The molecule has 0 saturated carbocycles. The highest BCUT2D eigenvalue weighted by molar-refractivity contribution is 7.15. The number of hydrazone groups is 1. The largest absolute Gasteiger partial charge is 0.488 e. The van der Waals surface area contributed by atoms with Gasteiger partial charge in [-0.05, 0) is 24.3 Å². The van der Waals surface area contributed by atoms with E-state index in [0.717, 1.165) is 16.9 Å². The first-order valence-electron chi connectivity index (χ1n) is 8.07. The Morgan fingerprint density at radius 1 is 1.25 bits per heavy atom. The number of halogens is 2. The number of benzene rings is 2. The summed E-state index contributed by atoms with van der Waals surface area (Å²) in [5.41, 5.74) is 9.44. The maximum Gasteiger partial charge on any atom is 0.247 e. The number of anilines is 1. The molecular formula is C18H15Cl2N5O2S. The lowest BCUT2D eigenvalue weighted by Crippen LogP contribution is -2.19. The molecule has 1 heterocycles. The number of nitrogens with zero attached hydrogens (tertiary/aromatic N) is 3. The van der Waals surface area contributed by atoms with Gasteiger partial charge in [-0.3, -0.25) is 4.79 Å².